The van der Waals surface area contributed by atoms with Gasteiger partial charge in [-0.2, -0.15) is 4.68 Å². The van der Waals surface area contributed by atoms with Gasteiger partial charge >= 0.3 is 0 Å². The zero-order valence-corrected chi connectivity index (χ0v) is 18.8. The second-order valence-electron chi connectivity index (χ2n) is 7.78. The fraction of sp³-hybridized carbons (Fsp3) is 0.261. The van der Waals surface area contributed by atoms with E-state index in [-0.39, 0.29) is 11.8 Å². The van der Waals surface area contributed by atoms with Gasteiger partial charge in [0, 0.05) is 16.4 Å². The largest absolute Gasteiger partial charge is 0.347 e. The van der Waals surface area contributed by atoms with Gasteiger partial charge in [0.1, 0.15) is 0 Å². The topological polar surface area (TPSA) is 85.6 Å². The second-order valence-corrected chi connectivity index (χ2v) is 8.72. The predicted octanol–water partition coefficient (Wildman–Crippen LogP) is 4.46. The molecule has 0 spiro atoms. The number of carbonyl (C=O) groups is 1. The summed E-state index contributed by atoms with van der Waals surface area (Å²) in [6.07, 6.45) is 0. The fourth-order valence-electron chi connectivity index (χ4n) is 3.27. The van der Waals surface area contributed by atoms with Gasteiger partial charge in [-0.25, -0.2) is 4.98 Å². The first-order valence-corrected chi connectivity index (χ1v) is 11.0. The Balaban J connectivity index is 1.74. The Labute approximate surface area is 185 Å². The zero-order valence-electron chi connectivity index (χ0n) is 18.0. The summed E-state index contributed by atoms with van der Waals surface area (Å²) in [4.78, 5) is 18.3. The van der Waals surface area contributed by atoms with Crippen molar-refractivity contribution in [3.05, 3.63) is 75.5 Å². The maximum atomic E-state index is 13.0. The van der Waals surface area contributed by atoms with Gasteiger partial charge in [0.05, 0.1) is 23.4 Å². The van der Waals surface area contributed by atoms with Gasteiger partial charge in [0.25, 0.3) is 5.91 Å². The number of nitrogens with one attached hydrogen (secondary N) is 1. The molecular formula is C23H24N6OS. The molecule has 0 aliphatic carbocycles. The quantitative estimate of drug-likeness (QED) is 0.486. The van der Waals surface area contributed by atoms with E-state index in [1.54, 1.807) is 10.2 Å². The third kappa shape index (κ3) is 4.54. The van der Waals surface area contributed by atoms with E-state index in [9.17, 15) is 4.79 Å². The van der Waals surface area contributed by atoms with Crippen molar-refractivity contribution >= 4 is 17.2 Å². The molecule has 0 aliphatic heterocycles. The highest BCUT2D eigenvalue weighted by Crippen LogP contribution is 2.26. The van der Waals surface area contributed by atoms with Crippen LogP contribution >= 0.6 is 11.3 Å². The molecule has 1 N–H and O–H groups in total. The molecular weight excluding hydrogens is 408 g/mol. The number of thiazole rings is 1. The Morgan fingerprint density at radius 2 is 1.87 bits per heavy atom. The van der Waals surface area contributed by atoms with Crippen molar-refractivity contribution in [3.63, 3.8) is 0 Å². The highest BCUT2D eigenvalue weighted by atomic mass is 32.1. The lowest BCUT2D eigenvalue weighted by atomic mass is 10.0. The molecule has 0 saturated carbocycles. The second kappa shape index (κ2) is 8.77. The molecule has 31 heavy (non-hydrogen) atoms. The van der Waals surface area contributed by atoms with E-state index >= 15 is 0 Å². The molecule has 0 saturated heterocycles. The highest BCUT2D eigenvalue weighted by Gasteiger charge is 2.16. The first-order chi connectivity index (χ1) is 14.9. The molecule has 0 atom stereocenters. The van der Waals surface area contributed by atoms with Gasteiger partial charge in [-0.1, -0.05) is 43.7 Å². The molecule has 7 nitrogen and oxygen atoms in total. The standard InChI is InChI=1S/C23H24N6OS/c1-14(2)22-26-27-28-29(22)20-10-18(17-7-5-15(3)6-8-17)9-19(11-20)23(30)24-12-21-16(4)25-13-31-21/h5-11,13-14H,12H2,1-4H3,(H,24,30). The molecule has 0 radical (unpaired) electrons. The lowest BCUT2D eigenvalue weighted by Crippen LogP contribution is -2.23. The number of benzene rings is 2. The maximum Gasteiger partial charge on any atom is 0.251 e. The molecule has 0 fully saturated rings. The number of aryl methyl sites for hydroxylation is 2. The monoisotopic (exact) mass is 432 g/mol. The van der Waals surface area contributed by atoms with Crippen LogP contribution < -0.4 is 5.32 Å². The van der Waals surface area contributed by atoms with Crippen LogP contribution in [0.5, 0.6) is 0 Å². The van der Waals surface area contributed by atoms with E-state index in [2.05, 4.69) is 57.0 Å². The summed E-state index contributed by atoms with van der Waals surface area (Å²) in [6, 6.07) is 14.0. The zero-order chi connectivity index (χ0) is 22.0. The van der Waals surface area contributed by atoms with Crippen LogP contribution in [-0.4, -0.2) is 31.1 Å². The Bertz CT molecular complexity index is 1210. The smallest absolute Gasteiger partial charge is 0.251 e. The van der Waals surface area contributed by atoms with E-state index in [4.69, 9.17) is 0 Å². The molecule has 1 amide bonds. The minimum atomic E-state index is -0.151. The van der Waals surface area contributed by atoms with Crippen LogP contribution in [0, 0.1) is 13.8 Å². The van der Waals surface area contributed by atoms with Crippen molar-refractivity contribution < 1.29 is 4.79 Å². The van der Waals surface area contributed by atoms with Crippen LogP contribution in [0.25, 0.3) is 16.8 Å². The van der Waals surface area contributed by atoms with Gasteiger partial charge in [-0.15, -0.1) is 16.4 Å². The van der Waals surface area contributed by atoms with Gasteiger partial charge in [0.15, 0.2) is 5.82 Å². The summed E-state index contributed by atoms with van der Waals surface area (Å²) in [6.45, 7) is 8.52. The Kier molecular flexibility index (Phi) is 5.90. The van der Waals surface area contributed by atoms with E-state index in [1.807, 2.05) is 39.0 Å². The molecule has 4 rings (SSSR count). The average molecular weight is 433 g/mol. The fourth-order valence-corrected chi connectivity index (χ4v) is 3.99. The third-order valence-corrected chi connectivity index (χ3v) is 6.01. The van der Waals surface area contributed by atoms with Crippen LogP contribution in [0.2, 0.25) is 0 Å². The Hall–Kier alpha value is -3.39. The first-order valence-electron chi connectivity index (χ1n) is 10.1. The molecule has 2 aromatic heterocycles. The molecule has 8 heteroatoms. The lowest BCUT2D eigenvalue weighted by molar-refractivity contribution is 0.0951. The van der Waals surface area contributed by atoms with Crippen molar-refractivity contribution in [2.24, 2.45) is 0 Å². The Morgan fingerprint density at radius 3 is 2.55 bits per heavy atom. The van der Waals surface area contributed by atoms with Crippen LogP contribution in [0.3, 0.4) is 0 Å². The molecule has 4 aromatic rings. The summed E-state index contributed by atoms with van der Waals surface area (Å²) < 4.78 is 1.70. The summed E-state index contributed by atoms with van der Waals surface area (Å²) in [5, 5.41) is 15.2. The molecule has 2 aromatic carbocycles. The lowest BCUT2D eigenvalue weighted by Gasteiger charge is -2.13. The van der Waals surface area contributed by atoms with Crippen molar-refractivity contribution in [2.75, 3.05) is 0 Å². The summed E-state index contributed by atoms with van der Waals surface area (Å²) in [7, 11) is 0. The summed E-state index contributed by atoms with van der Waals surface area (Å²) in [5.41, 5.74) is 7.18. The first kappa shape index (κ1) is 20.9. The number of rotatable bonds is 6. The molecule has 0 aliphatic rings. The third-order valence-electron chi connectivity index (χ3n) is 5.07. The van der Waals surface area contributed by atoms with Crippen molar-refractivity contribution in [3.8, 4) is 16.8 Å². The molecule has 2 heterocycles. The number of hydrogen-bond acceptors (Lipinski definition) is 6. The van der Waals surface area contributed by atoms with E-state index in [1.165, 1.54) is 16.9 Å². The predicted molar refractivity (Wildman–Crippen MR) is 121 cm³/mol. The number of amides is 1. The molecule has 0 unspecified atom stereocenters. The van der Waals surface area contributed by atoms with Crippen LogP contribution in [0.1, 0.15) is 52.1 Å². The van der Waals surface area contributed by atoms with Crippen molar-refractivity contribution in [1.29, 1.82) is 0 Å². The maximum absolute atomic E-state index is 13.0. The minimum absolute atomic E-state index is 0.143. The average Bonchev–Trinajstić information content (AvgIpc) is 3.41. The van der Waals surface area contributed by atoms with E-state index in [0.29, 0.717) is 12.1 Å². The number of carbonyl (C=O) groups excluding carboxylic acids is 1. The number of aromatic nitrogens is 5. The highest BCUT2D eigenvalue weighted by molar-refractivity contribution is 7.09. The van der Waals surface area contributed by atoms with Gasteiger partial charge in [0.2, 0.25) is 0 Å². The van der Waals surface area contributed by atoms with Gasteiger partial charge in [-0.3, -0.25) is 4.79 Å². The van der Waals surface area contributed by atoms with Crippen molar-refractivity contribution in [1.82, 2.24) is 30.5 Å². The van der Waals surface area contributed by atoms with Gasteiger partial charge in [-0.05, 0) is 53.6 Å². The summed E-state index contributed by atoms with van der Waals surface area (Å²) >= 11 is 1.54. The summed E-state index contributed by atoms with van der Waals surface area (Å²) in [5.74, 6) is 0.736. The van der Waals surface area contributed by atoms with Crippen LogP contribution in [0.4, 0.5) is 0 Å². The number of nitrogens with zero attached hydrogens (tertiary/aromatic N) is 5. The molecule has 0 bridgehead atoms. The number of hydrogen-bond donors (Lipinski definition) is 1. The van der Waals surface area contributed by atoms with E-state index in [0.717, 1.165) is 33.2 Å². The minimum Gasteiger partial charge on any atom is -0.347 e. The molecule has 158 valence electrons. The normalized spacial score (nSPS) is 11.1. The van der Waals surface area contributed by atoms with Gasteiger partial charge < -0.3 is 5.32 Å². The SMILES string of the molecule is Cc1ccc(-c2cc(C(=O)NCc3scnc3C)cc(-n3nnnc3C(C)C)c2)cc1. The van der Waals surface area contributed by atoms with Crippen LogP contribution in [0.15, 0.2) is 48.0 Å². The van der Waals surface area contributed by atoms with Crippen LogP contribution in [-0.2, 0) is 6.54 Å². The number of tetrazole rings is 1. The Morgan fingerprint density at radius 1 is 1.10 bits per heavy atom. The van der Waals surface area contributed by atoms with Crippen molar-refractivity contribution in [2.45, 2.75) is 40.2 Å². The van der Waals surface area contributed by atoms with E-state index < -0.39 is 0 Å².